The molecule has 0 saturated heterocycles. The highest BCUT2D eigenvalue weighted by molar-refractivity contribution is 5.77. The minimum Gasteiger partial charge on any atom is -0.343 e. The summed E-state index contributed by atoms with van der Waals surface area (Å²) in [4.78, 5) is 14.8. The fourth-order valence-corrected chi connectivity index (χ4v) is 3.26. The molecule has 116 valence electrons. The molecule has 0 radical (unpaired) electrons. The summed E-state index contributed by atoms with van der Waals surface area (Å²) in [5.74, 6) is 0.804. The van der Waals surface area contributed by atoms with Gasteiger partial charge in [0.15, 0.2) is 0 Å². The first kappa shape index (κ1) is 16.1. The number of carbonyl (C=O) groups is 1. The molecule has 0 heterocycles. The molecule has 0 fully saturated rings. The fourth-order valence-electron chi connectivity index (χ4n) is 3.26. The van der Waals surface area contributed by atoms with Gasteiger partial charge in [0.05, 0.1) is 0 Å². The van der Waals surface area contributed by atoms with Crippen molar-refractivity contribution in [2.75, 3.05) is 13.1 Å². The van der Waals surface area contributed by atoms with Crippen LogP contribution < -0.4 is 0 Å². The molecule has 2 rings (SSSR count). The molecule has 1 aromatic carbocycles. The number of amides is 1. The molecule has 1 aromatic rings. The molecular formula is C19H29NO. The van der Waals surface area contributed by atoms with Gasteiger partial charge in [-0.1, -0.05) is 51.0 Å². The average Bonchev–Trinajstić information content (AvgIpc) is 2.91. The zero-order chi connectivity index (χ0) is 15.1. The first-order valence-electron chi connectivity index (χ1n) is 8.61. The molecule has 1 atom stereocenters. The third-order valence-corrected chi connectivity index (χ3v) is 4.59. The van der Waals surface area contributed by atoms with Gasteiger partial charge in [0.25, 0.3) is 0 Å². The topological polar surface area (TPSA) is 20.3 Å². The van der Waals surface area contributed by atoms with Crippen LogP contribution in [0.1, 0.15) is 69.4 Å². The maximum absolute atomic E-state index is 12.6. The van der Waals surface area contributed by atoms with E-state index in [2.05, 4.69) is 43.0 Å². The lowest BCUT2D eigenvalue weighted by molar-refractivity contribution is -0.131. The van der Waals surface area contributed by atoms with E-state index in [1.165, 1.54) is 11.1 Å². The van der Waals surface area contributed by atoms with E-state index in [0.29, 0.717) is 18.2 Å². The van der Waals surface area contributed by atoms with E-state index < -0.39 is 0 Å². The Labute approximate surface area is 129 Å². The van der Waals surface area contributed by atoms with Crippen LogP contribution >= 0.6 is 0 Å². The number of rotatable bonds is 8. The molecule has 1 aliphatic carbocycles. The van der Waals surface area contributed by atoms with Gasteiger partial charge >= 0.3 is 0 Å². The second-order valence-electron chi connectivity index (χ2n) is 6.23. The van der Waals surface area contributed by atoms with Gasteiger partial charge < -0.3 is 4.90 Å². The van der Waals surface area contributed by atoms with Crippen LogP contribution in [0.3, 0.4) is 0 Å². The number of carbonyl (C=O) groups excluding carboxylic acids is 1. The van der Waals surface area contributed by atoms with E-state index in [1.807, 2.05) is 0 Å². The first-order chi connectivity index (χ1) is 10.3. The Kier molecular flexibility index (Phi) is 6.28. The second-order valence-corrected chi connectivity index (χ2v) is 6.23. The molecule has 0 saturated carbocycles. The normalized spacial score (nSPS) is 16.8. The van der Waals surface area contributed by atoms with E-state index in [-0.39, 0.29) is 0 Å². The van der Waals surface area contributed by atoms with Crippen molar-refractivity contribution in [1.82, 2.24) is 4.90 Å². The molecule has 2 heteroatoms. The first-order valence-corrected chi connectivity index (χ1v) is 8.61. The van der Waals surface area contributed by atoms with Crippen LogP contribution in [0.4, 0.5) is 0 Å². The van der Waals surface area contributed by atoms with Gasteiger partial charge in [0, 0.05) is 19.5 Å². The summed E-state index contributed by atoms with van der Waals surface area (Å²) in [6.45, 7) is 6.25. The predicted molar refractivity (Wildman–Crippen MR) is 88.5 cm³/mol. The van der Waals surface area contributed by atoms with Crippen molar-refractivity contribution in [2.24, 2.45) is 0 Å². The summed E-state index contributed by atoms with van der Waals surface area (Å²) in [6, 6.07) is 8.64. The van der Waals surface area contributed by atoms with Crippen LogP contribution in [-0.4, -0.2) is 23.9 Å². The van der Waals surface area contributed by atoms with E-state index in [9.17, 15) is 4.79 Å². The quantitative estimate of drug-likeness (QED) is 0.687. The van der Waals surface area contributed by atoms with E-state index in [1.54, 1.807) is 0 Å². The molecule has 0 aliphatic heterocycles. The van der Waals surface area contributed by atoms with Crippen molar-refractivity contribution < 1.29 is 4.79 Å². The average molecular weight is 287 g/mol. The maximum Gasteiger partial charge on any atom is 0.223 e. The Morgan fingerprint density at radius 3 is 2.48 bits per heavy atom. The van der Waals surface area contributed by atoms with Gasteiger partial charge in [-0.2, -0.15) is 0 Å². The Hall–Kier alpha value is -1.31. The molecule has 1 aliphatic rings. The highest BCUT2D eigenvalue weighted by atomic mass is 16.2. The Morgan fingerprint density at radius 2 is 1.81 bits per heavy atom. The largest absolute Gasteiger partial charge is 0.343 e. The highest BCUT2D eigenvalue weighted by Crippen LogP contribution is 2.35. The van der Waals surface area contributed by atoms with Crippen molar-refractivity contribution >= 4 is 5.91 Å². The van der Waals surface area contributed by atoms with Crippen LogP contribution in [0, 0.1) is 0 Å². The molecule has 0 N–H and O–H groups in total. The number of fused-ring (bicyclic) bond motifs is 1. The van der Waals surface area contributed by atoms with Gasteiger partial charge in [-0.25, -0.2) is 0 Å². The number of unbranched alkanes of at least 4 members (excludes halogenated alkanes) is 2. The molecule has 1 amide bonds. The third-order valence-electron chi connectivity index (χ3n) is 4.59. The number of nitrogens with zero attached hydrogens (tertiary/aromatic N) is 1. The van der Waals surface area contributed by atoms with Crippen LogP contribution in [0.15, 0.2) is 24.3 Å². The van der Waals surface area contributed by atoms with Gasteiger partial charge in [-0.15, -0.1) is 0 Å². The maximum atomic E-state index is 12.6. The molecule has 2 nitrogen and oxygen atoms in total. The smallest absolute Gasteiger partial charge is 0.223 e. The highest BCUT2D eigenvalue weighted by Gasteiger charge is 2.26. The van der Waals surface area contributed by atoms with Gasteiger partial charge in [0.2, 0.25) is 5.91 Å². The van der Waals surface area contributed by atoms with Crippen LogP contribution in [0.2, 0.25) is 0 Å². The zero-order valence-corrected chi connectivity index (χ0v) is 13.6. The number of benzene rings is 1. The molecule has 0 unspecified atom stereocenters. The molecule has 0 aromatic heterocycles. The zero-order valence-electron chi connectivity index (χ0n) is 13.6. The third kappa shape index (κ3) is 4.33. The monoisotopic (exact) mass is 287 g/mol. The Balaban J connectivity index is 1.95. The van der Waals surface area contributed by atoms with Crippen molar-refractivity contribution in [3.05, 3.63) is 35.4 Å². The fraction of sp³-hybridized carbons (Fsp3) is 0.632. The van der Waals surface area contributed by atoms with E-state index >= 15 is 0 Å². The number of hydrogen-bond donors (Lipinski definition) is 0. The predicted octanol–water partition coefficient (Wildman–Crippen LogP) is 4.54. The van der Waals surface area contributed by atoms with E-state index in [4.69, 9.17) is 0 Å². The van der Waals surface area contributed by atoms with E-state index in [0.717, 1.165) is 51.6 Å². The summed E-state index contributed by atoms with van der Waals surface area (Å²) < 4.78 is 0. The van der Waals surface area contributed by atoms with Gasteiger partial charge in [-0.05, 0) is 42.7 Å². The SMILES string of the molecule is CCCCN(CCCC)C(=O)C[C@H]1CCc2ccccc21. The van der Waals surface area contributed by atoms with Crippen molar-refractivity contribution in [2.45, 2.75) is 64.7 Å². The number of aryl methyl sites for hydroxylation is 1. The minimum absolute atomic E-state index is 0.360. The minimum atomic E-state index is 0.360. The molecular weight excluding hydrogens is 258 g/mol. The summed E-state index contributed by atoms with van der Waals surface area (Å²) in [7, 11) is 0. The van der Waals surface area contributed by atoms with Crippen molar-refractivity contribution in [3.63, 3.8) is 0 Å². The summed E-state index contributed by atoms with van der Waals surface area (Å²) >= 11 is 0. The molecule has 0 spiro atoms. The van der Waals surface area contributed by atoms with Crippen LogP contribution in [-0.2, 0) is 11.2 Å². The van der Waals surface area contributed by atoms with Gasteiger partial charge in [0.1, 0.15) is 0 Å². The summed E-state index contributed by atoms with van der Waals surface area (Å²) in [6.07, 6.45) is 7.53. The van der Waals surface area contributed by atoms with Crippen LogP contribution in [0.5, 0.6) is 0 Å². The van der Waals surface area contributed by atoms with Crippen molar-refractivity contribution in [3.8, 4) is 0 Å². The Morgan fingerprint density at radius 1 is 1.14 bits per heavy atom. The Bertz CT molecular complexity index is 447. The standard InChI is InChI=1S/C19H29NO/c1-3-5-13-20(14-6-4-2)19(21)15-17-12-11-16-9-7-8-10-18(16)17/h7-10,17H,3-6,11-15H2,1-2H3/t17-/m1/s1. The van der Waals surface area contributed by atoms with Crippen LogP contribution in [0.25, 0.3) is 0 Å². The van der Waals surface area contributed by atoms with Crippen molar-refractivity contribution in [1.29, 1.82) is 0 Å². The lowest BCUT2D eigenvalue weighted by atomic mass is 9.97. The second kappa shape index (κ2) is 8.21. The molecule has 21 heavy (non-hydrogen) atoms. The van der Waals surface area contributed by atoms with Gasteiger partial charge in [-0.3, -0.25) is 4.79 Å². The lowest BCUT2D eigenvalue weighted by Gasteiger charge is -2.24. The summed E-state index contributed by atoms with van der Waals surface area (Å²) in [5.41, 5.74) is 2.86. The lowest BCUT2D eigenvalue weighted by Crippen LogP contribution is -2.33. The summed E-state index contributed by atoms with van der Waals surface area (Å²) in [5, 5.41) is 0. The molecule has 0 bridgehead atoms. The number of hydrogen-bond acceptors (Lipinski definition) is 1.